The fourth-order valence-electron chi connectivity index (χ4n) is 2.06. The molecule has 1 aromatic carbocycles. The summed E-state index contributed by atoms with van der Waals surface area (Å²) in [5, 5.41) is 13.8. The van der Waals surface area contributed by atoms with Crippen LogP contribution in [0.5, 0.6) is 0 Å². The van der Waals surface area contributed by atoms with Crippen LogP contribution in [-0.2, 0) is 0 Å². The predicted molar refractivity (Wildman–Crippen MR) is 62.3 cm³/mol. The van der Waals surface area contributed by atoms with Crippen molar-refractivity contribution in [2.75, 3.05) is 5.32 Å². The number of hydrogen-bond acceptors (Lipinski definition) is 4. The Morgan fingerprint density at radius 2 is 2.00 bits per heavy atom. The van der Waals surface area contributed by atoms with Gasteiger partial charge in [0.25, 0.3) is 5.69 Å². The predicted octanol–water partition coefficient (Wildman–Crippen LogP) is 1.89. The number of hydrogen-bond donors (Lipinski definition) is 2. The largest absolute Gasteiger partial charge is 0.382 e. The van der Waals surface area contributed by atoms with Crippen molar-refractivity contribution in [1.82, 2.24) is 0 Å². The van der Waals surface area contributed by atoms with Crippen molar-refractivity contribution in [3.63, 3.8) is 0 Å². The number of nitro groups is 1. The highest BCUT2D eigenvalue weighted by atomic mass is 16.6. The smallest absolute Gasteiger partial charge is 0.269 e. The molecule has 16 heavy (non-hydrogen) atoms. The molecule has 0 radical (unpaired) electrons. The average molecular weight is 221 g/mol. The van der Waals surface area contributed by atoms with Crippen LogP contribution in [0.2, 0.25) is 0 Å². The molecule has 0 amide bonds. The summed E-state index contributed by atoms with van der Waals surface area (Å²) in [6.45, 7) is 0. The molecular weight excluding hydrogens is 206 g/mol. The van der Waals surface area contributed by atoms with Crippen LogP contribution >= 0.6 is 0 Å². The summed E-state index contributed by atoms with van der Waals surface area (Å²) in [5.41, 5.74) is 6.85. The van der Waals surface area contributed by atoms with Crippen molar-refractivity contribution >= 4 is 11.4 Å². The molecule has 1 aromatic rings. The van der Waals surface area contributed by atoms with Gasteiger partial charge in [-0.3, -0.25) is 10.1 Å². The van der Waals surface area contributed by atoms with Gasteiger partial charge in [-0.05, 0) is 31.4 Å². The van der Waals surface area contributed by atoms with Crippen LogP contribution < -0.4 is 11.1 Å². The van der Waals surface area contributed by atoms with Crippen molar-refractivity contribution in [3.8, 4) is 0 Å². The van der Waals surface area contributed by atoms with Gasteiger partial charge in [-0.1, -0.05) is 0 Å². The van der Waals surface area contributed by atoms with Crippen LogP contribution in [-0.4, -0.2) is 17.0 Å². The maximum absolute atomic E-state index is 10.5. The zero-order valence-corrected chi connectivity index (χ0v) is 8.93. The molecule has 1 aliphatic rings. The first-order chi connectivity index (χ1) is 7.65. The third kappa shape index (κ3) is 2.49. The number of nitrogens with zero attached hydrogens (tertiary/aromatic N) is 1. The van der Waals surface area contributed by atoms with Gasteiger partial charge in [0, 0.05) is 29.9 Å². The van der Waals surface area contributed by atoms with Gasteiger partial charge in [0.2, 0.25) is 0 Å². The highest BCUT2D eigenvalue weighted by Gasteiger charge is 2.21. The Balaban J connectivity index is 1.97. The third-order valence-corrected chi connectivity index (χ3v) is 2.92. The van der Waals surface area contributed by atoms with E-state index in [9.17, 15) is 10.1 Å². The van der Waals surface area contributed by atoms with Crippen LogP contribution in [0, 0.1) is 10.1 Å². The minimum atomic E-state index is -0.394. The monoisotopic (exact) mass is 221 g/mol. The van der Waals surface area contributed by atoms with Gasteiger partial charge >= 0.3 is 0 Å². The fraction of sp³-hybridized carbons (Fsp3) is 0.455. The summed E-state index contributed by atoms with van der Waals surface area (Å²) in [6, 6.07) is 7.19. The first kappa shape index (κ1) is 10.9. The van der Waals surface area contributed by atoms with Gasteiger partial charge in [-0.2, -0.15) is 0 Å². The van der Waals surface area contributed by atoms with E-state index in [-0.39, 0.29) is 11.7 Å². The number of rotatable bonds is 3. The second-order valence-corrected chi connectivity index (χ2v) is 4.22. The Bertz CT molecular complexity index is 377. The molecule has 0 spiro atoms. The number of nitro benzene ring substituents is 1. The van der Waals surface area contributed by atoms with Crippen molar-refractivity contribution in [3.05, 3.63) is 34.4 Å². The van der Waals surface area contributed by atoms with Crippen LogP contribution in [0.15, 0.2) is 24.3 Å². The lowest BCUT2D eigenvalue weighted by Crippen LogP contribution is -2.20. The Morgan fingerprint density at radius 3 is 2.50 bits per heavy atom. The average Bonchev–Trinajstić information content (AvgIpc) is 2.65. The van der Waals surface area contributed by atoms with E-state index in [1.165, 1.54) is 12.1 Å². The van der Waals surface area contributed by atoms with E-state index in [2.05, 4.69) is 5.32 Å². The molecule has 0 aliphatic heterocycles. The first-order valence-corrected chi connectivity index (χ1v) is 5.42. The third-order valence-electron chi connectivity index (χ3n) is 2.92. The summed E-state index contributed by atoms with van der Waals surface area (Å²) >= 11 is 0. The van der Waals surface area contributed by atoms with Crippen LogP contribution in [0.3, 0.4) is 0 Å². The highest BCUT2D eigenvalue weighted by molar-refractivity contribution is 5.49. The van der Waals surface area contributed by atoms with Crippen molar-refractivity contribution in [2.45, 2.75) is 31.3 Å². The minimum absolute atomic E-state index is 0.119. The molecule has 1 saturated carbocycles. The zero-order valence-electron chi connectivity index (χ0n) is 8.93. The minimum Gasteiger partial charge on any atom is -0.382 e. The van der Waals surface area contributed by atoms with E-state index in [0.29, 0.717) is 6.04 Å². The molecule has 5 nitrogen and oxygen atoms in total. The first-order valence-electron chi connectivity index (χ1n) is 5.42. The van der Waals surface area contributed by atoms with E-state index >= 15 is 0 Å². The van der Waals surface area contributed by atoms with Crippen LogP contribution in [0.4, 0.5) is 11.4 Å². The van der Waals surface area contributed by atoms with Crippen molar-refractivity contribution in [2.24, 2.45) is 5.73 Å². The summed E-state index contributed by atoms with van der Waals surface area (Å²) in [4.78, 5) is 10.1. The zero-order chi connectivity index (χ0) is 11.5. The molecule has 3 N–H and O–H groups in total. The summed E-state index contributed by atoms with van der Waals surface area (Å²) in [5.74, 6) is 0. The summed E-state index contributed by atoms with van der Waals surface area (Å²) in [6.07, 6.45) is 3.08. The van der Waals surface area contributed by atoms with Gasteiger partial charge in [-0.25, -0.2) is 0 Å². The topological polar surface area (TPSA) is 81.2 Å². The Labute approximate surface area is 93.8 Å². The van der Waals surface area contributed by atoms with E-state index in [0.717, 1.165) is 24.9 Å². The SMILES string of the molecule is NC1CCC(Nc2ccc([N+](=O)[O-])cc2)C1. The fourth-order valence-corrected chi connectivity index (χ4v) is 2.06. The molecule has 86 valence electrons. The maximum Gasteiger partial charge on any atom is 0.269 e. The van der Waals surface area contributed by atoms with Crippen molar-refractivity contribution < 1.29 is 4.92 Å². The van der Waals surface area contributed by atoms with Gasteiger partial charge < -0.3 is 11.1 Å². The van der Waals surface area contributed by atoms with Crippen LogP contribution in [0.25, 0.3) is 0 Å². The number of nitrogens with one attached hydrogen (secondary N) is 1. The van der Waals surface area contributed by atoms with Gasteiger partial charge in [-0.15, -0.1) is 0 Å². The van der Waals surface area contributed by atoms with Gasteiger partial charge in [0.15, 0.2) is 0 Å². The molecule has 5 heteroatoms. The standard InChI is InChI=1S/C11H15N3O2/c12-8-1-2-10(7-8)13-9-3-5-11(6-4-9)14(15)16/h3-6,8,10,13H,1-2,7,12H2. The Kier molecular flexibility index (Phi) is 3.05. The quantitative estimate of drug-likeness (QED) is 0.603. The lowest BCUT2D eigenvalue weighted by atomic mass is 10.2. The highest BCUT2D eigenvalue weighted by Crippen LogP contribution is 2.23. The molecule has 1 aliphatic carbocycles. The second-order valence-electron chi connectivity index (χ2n) is 4.22. The summed E-state index contributed by atoms with van der Waals surface area (Å²) in [7, 11) is 0. The Hall–Kier alpha value is -1.62. The van der Waals surface area contributed by atoms with E-state index in [4.69, 9.17) is 5.73 Å². The molecule has 0 saturated heterocycles. The normalized spacial score (nSPS) is 24.3. The lowest BCUT2D eigenvalue weighted by molar-refractivity contribution is -0.384. The van der Waals surface area contributed by atoms with Crippen molar-refractivity contribution in [1.29, 1.82) is 0 Å². The number of non-ortho nitro benzene ring substituents is 1. The number of benzene rings is 1. The molecule has 0 heterocycles. The van der Waals surface area contributed by atoms with E-state index in [1.807, 2.05) is 0 Å². The molecule has 2 atom stereocenters. The molecule has 0 bridgehead atoms. The van der Waals surface area contributed by atoms with E-state index < -0.39 is 4.92 Å². The lowest BCUT2D eigenvalue weighted by Gasteiger charge is -2.13. The molecule has 1 fully saturated rings. The van der Waals surface area contributed by atoms with Gasteiger partial charge in [0.1, 0.15) is 0 Å². The molecule has 0 aromatic heterocycles. The molecule has 2 unspecified atom stereocenters. The molecule has 2 rings (SSSR count). The van der Waals surface area contributed by atoms with E-state index in [1.54, 1.807) is 12.1 Å². The second kappa shape index (κ2) is 4.49. The number of anilines is 1. The number of nitrogens with two attached hydrogens (primary N) is 1. The van der Waals surface area contributed by atoms with Crippen LogP contribution in [0.1, 0.15) is 19.3 Å². The summed E-state index contributed by atoms with van der Waals surface area (Å²) < 4.78 is 0. The Morgan fingerprint density at radius 1 is 1.31 bits per heavy atom. The molecular formula is C11H15N3O2. The maximum atomic E-state index is 10.5. The van der Waals surface area contributed by atoms with Gasteiger partial charge in [0.05, 0.1) is 4.92 Å².